The fraction of sp³-hybridized carbons (Fsp3) is 0.500. The smallest absolute Gasteiger partial charge is 0.512 e. The summed E-state index contributed by atoms with van der Waals surface area (Å²) in [5.41, 5.74) is 0. The van der Waals surface area contributed by atoms with E-state index in [9.17, 15) is 4.79 Å². The van der Waals surface area contributed by atoms with E-state index >= 15 is 0 Å². The van der Waals surface area contributed by atoms with E-state index in [1.807, 2.05) is 0 Å². The van der Waals surface area contributed by atoms with Gasteiger partial charge < -0.3 is 9.68 Å². The zero-order valence-corrected chi connectivity index (χ0v) is 3.42. The Hall–Kier alpha value is -0.505. The van der Waals surface area contributed by atoms with Crippen LogP contribution in [0.5, 0.6) is 0 Å². The van der Waals surface area contributed by atoms with Crippen molar-refractivity contribution in [2.45, 2.75) is 6.82 Å². The summed E-state index contributed by atoms with van der Waals surface area (Å²) in [5, 5.41) is 8.10. The van der Waals surface area contributed by atoms with E-state index in [-0.39, 0.29) is 6.47 Å². The highest BCUT2D eigenvalue weighted by atomic mass is 16.5. The summed E-state index contributed by atoms with van der Waals surface area (Å²) in [6.45, 7) is 1.55. The first kappa shape index (κ1) is 5.49. The fourth-order valence-corrected chi connectivity index (χ4v) is 0.0804. The van der Waals surface area contributed by atoms with Crippen molar-refractivity contribution >= 4 is 13.6 Å². The molecule has 0 radical (unpaired) electrons. The van der Waals surface area contributed by atoms with Gasteiger partial charge >= 0.3 is 7.12 Å². The molecule has 0 aromatic heterocycles. The number of hydrogen-bond acceptors (Lipinski definition) is 3. The largest absolute Gasteiger partial charge is 0.520 e. The SMILES string of the molecule is CB(O)OC=O. The number of hydrogen-bond donors (Lipinski definition) is 1. The van der Waals surface area contributed by atoms with Crippen molar-refractivity contribution in [2.75, 3.05) is 0 Å². The molecule has 0 fully saturated rings. The summed E-state index contributed by atoms with van der Waals surface area (Å²) < 4.78 is 3.92. The topological polar surface area (TPSA) is 46.5 Å². The third kappa shape index (κ3) is 3.49. The van der Waals surface area contributed by atoms with Gasteiger partial charge in [0.1, 0.15) is 0 Å². The van der Waals surface area contributed by atoms with E-state index in [0.29, 0.717) is 0 Å². The van der Waals surface area contributed by atoms with Gasteiger partial charge in [-0.1, -0.05) is 0 Å². The molecular weight excluding hydrogens is 82.8 g/mol. The molecule has 0 bridgehead atoms. The zero-order valence-electron chi connectivity index (χ0n) is 3.42. The van der Waals surface area contributed by atoms with Crippen LogP contribution in [0.3, 0.4) is 0 Å². The minimum Gasteiger partial charge on any atom is -0.512 e. The van der Waals surface area contributed by atoms with Crippen molar-refractivity contribution < 1.29 is 14.5 Å². The average molecular weight is 87.9 g/mol. The Labute approximate surface area is 36.1 Å². The first-order valence-corrected chi connectivity index (χ1v) is 1.54. The lowest BCUT2D eigenvalue weighted by Crippen LogP contribution is -2.09. The molecule has 0 aliphatic rings. The van der Waals surface area contributed by atoms with Crippen LogP contribution in [-0.2, 0) is 9.45 Å². The quantitative estimate of drug-likeness (QED) is 0.357. The van der Waals surface area contributed by atoms with Crippen LogP contribution in [0.15, 0.2) is 0 Å². The van der Waals surface area contributed by atoms with Crippen LogP contribution in [0.4, 0.5) is 0 Å². The van der Waals surface area contributed by atoms with Gasteiger partial charge in [-0.15, -0.1) is 0 Å². The van der Waals surface area contributed by atoms with E-state index in [4.69, 9.17) is 5.02 Å². The van der Waals surface area contributed by atoms with Gasteiger partial charge in [0.15, 0.2) is 0 Å². The first-order valence-electron chi connectivity index (χ1n) is 1.54. The molecule has 0 aliphatic carbocycles. The number of carbonyl (C=O) groups excluding carboxylic acids is 1. The molecule has 0 atom stereocenters. The average Bonchev–Trinajstić information content (AvgIpc) is 1.35. The number of rotatable bonds is 2. The highest BCUT2D eigenvalue weighted by Crippen LogP contribution is 1.68. The second kappa shape index (κ2) is 2.72. The molecule has 0 saturated heterocycles. The minimum absolute atomic E-state index is 0.199. The normalized spacial score (nSPS) is 7.00. The van der Waals surface area contributed by atoms with E-state index in [2.05, 4.69) is 4.65 Å². The van der Waals surface area contributed by atoms with Crippen LogP contribution in [0.25, 0.3) is 0 Å². The van der Waals surface area contributed by atoms with Crippen molar-refractivity contribution in [1.29, 1.82) is 0 Å². The maximum atomic E-state index is 9.23. The lowest BCUT2D eigenvalue weighted by molar-refractivity contribution is -0.121. The summed E-state index contributed by atoms with van der Waals surface area (Å²) in [5.74, 6) is 0. The van der Waals surface area contributed by atoms with Crippen LogP contribution >= 0.6 is 0 Å². The van der Waals surface area contributed by atoms with Crippen molar-refractivity contribution in [3.8, 4) is 0 Å². The molecule has 0 amide bonds. The summed E-state index contributed by atoms with van der Waals surface area (Å²) in [4.78, 5) is 9.23. The van der Waals surface area contributed by atoms with Crippen molar-refractivity contribution in [3.05, 3.63) is 0 Å². The zero-order chi connectivity index (χ0) is 4.99. The van der Waals surface area contributed by atoms with Crippen LogP contribution in [0, 0.1) is 0 Å². The fourth-order valence-electron chi connectivity index (χ4n) is 0.0804. The van der Waals surface area contributed by atoms with Crippen molar-refractivity contribution in [2.24, 2.45) is 0 Å². The van der Waals surface area contributed by atoms with E-state index in [1.165, 1.54) is 6.82 Å². The van der Waals surface area contributed by atoms with Gasteiger partial charge in [-0.3, -0.25) is 4.79 Å². The molecule has 6 heavy (non-hydrogen) atoms. The van der Waals surface area contributed by atoms with Crippen LogP contribution in [-0.4, -0.2) is 18.6 Å². The summed E-state index contributed by atoms with van der Waals surface area (Å²) in [6, 6.07) is 0. The van der Waals surface area contributed by atoms with Gasteiger partial charge in [-0.05, 0) is 6.82 Å². The first-order chi connectivity index (χ1) is 2.77. The highest BCUT2D eigenvalue weighted by Gasteiger charge is 1.99. The molecule has 0 aromatic carbocycles. The van der Waals surface area contributed by atoms with Crippen LogP contribution in [0.2, 0.25) is 6.82 Å². The molecule has 0 aromatic rings. The molecule has 0 rings (SSSR count). The maximum absolute atomic E-state index is 9.23. The van der Waals surface area contributed by atoms with E-state index in [0.717, 1.165) is 0 Å². The molecule has 0 aliphatic heterocycles. The molecule has 0 saturated carbocycles. The van der Waals surface area contributed by atoms with Crippen molar-refractivity contribution in [3.63, 3.8) is 0 Å². The standard InChI is InChI=1S/C2H5BO3/c1-3(5)6-2-4/h2,5H,1H3. The molecule has 34 valence electrons. The predicted molar refractivity (Wildman–Crippen MR) is 21.0 cm³/mol. The molecule has 0 spiro atoms. The summed E-state index contributed by atoms with van der Waals surface area (Å²) in [6.07, 6.45) is 0. The summed E-state index contributed by atoms with van der Waals surface area (Å²) in [7, 11) is -0.970. The van der Waals surface area contributed by atoms with Gasteiger partial charge in [0, 0.05) is 0 Å². The Morgan fingerprint density at radius 3 is 2.50 bits per heavy atom. The van der Waals surface area contributed by atoms with Gasteiger partial charge in [0.2, 0.25) is 0 Å². The molecule has 1 N–H and O–H groups in total. The van der Waals surface area contributed by atoms with Crippen LogP contribution < -0.4 is 0 Å². The summed E-state index contributed by atoms with van der Waals surface area (Å²) >= 11 is 0. The van der Waals surface area contributed by atoms with Gasteiger partial charge in [-0.2, -0.15) is 0 Å². The Morgan fingerprint density at radius 1 is 2.00 bits per heavy atom. The Bertz CT molecular complexity index is 44.1. The third-order valence-corrected chi connectivity index (χ3v) is 0.252. The second-order valence-corrected chi connectivity index (χ2v) is 0.832. The van der Waals surface area contributed by atoms with Gasteiger partial charge in [0.05, 0.1) is 0 Å². The highest BCUT2D eigenvalue weighted by molar-refractivity contribution is 6.42. The van der Waals surface area contributed by atoms with Gasteiger partial charge in [-0.25, -0.2) is 0 Å². The van der Waals surface area contributed by atoms with Crippen LogP contribution in [0.1, 0.15) is 0 Å². The Morgan fingerprint density at radius 2 is 2.50 bits per heavy atom. The number of carbonyl (C=O) groups is 1. The minimum atomic E-state index is -0.970. The third-order valence-electron chi connectivity index (χ3n) is 0.252. The lowest BCUT2D eigenvalue weighted by atomic mass is 9.97. The molecule has 0 heterocycles. The molecular formula is C2H5BO3. The van der Waals surface area contributed by atoms with E-state index in [1.54, 1.807) is 0 Å². The monoisotopic (exact) mass is 88.0 g/mol. The Balaban J connectivity index is 2.81. The van der Waals surface area contributed by atoms with E-state index < -0.39 is 7.12 Å². The lowest BCUT2D eigenvalue weighted by Gasteiger charge is -1.89. The predicted octanol–water partition coefficient (Wildman–Crippen LogP) is -0.730. The molecule has 3 nitrogen and oxygen atoms in total. The molecule has 4 heteroatoms. The Kier molecular flexibility index (Phi) is 2.49. The molecule has 0 unspecified atom stereocenters. The second-order valence-electron chi connectivity index (χ2n) is 0.832. The van der Waals surface area contributed by atoms with Crippen molar-refractivity contribution in [1.82, 2.24) is 0 Å². The maximum Gasteiger partial charge on any atom is 0.520 e. The van der Waals surface area contributed by atoms with Gasteiger partial charge in [0.25, 0.3) is 6.47 Å².